The summed E-state index contributed by atoms with van der Waals surface area (Å²) in [6, 6.07) is 3.46. The molecule has 3 heterocycles. The molecule has 4 amide bonds. The molecule has 1 unspecified atom stereocenters. The molecule has 1 aromatic heterocycles. The minimum atomic E-state index is -0.514. The van der Waals surface area contributed by atoms with E-state index in [1.807, 2.05) is 18.3 Å². The summed E-state index contributed by atoms with van der Waals surface area (Å²) in [5, 5.41) is 5.07. The average molecular weight is 345 g/mol. The van der Waals surface area contributed by atoms with Crippen LogP contribution in [0.4, 0.5) is 4.79 Å². The number of imide groups is 1. The highest BCUT2D eigenvalue weighted by Gasteiger charge is 2.29. The third-order valence-electron chi connectivity index (χ3n) is 4.60. The van der Waals surface area contributed by atoms with Crippen molar-refractivity contribution in [2.45, 2.75) is 25.3 Å². The van der Waals surface area contributed by atoms with Crippen LogP contribution in [0.3, 0.4) is 0 Å². The van der Waals surface area contributed by atoms with E-state index >= 15 is 0 Å². The van der Waals surface area contributed by atoms with E-state index in [0.717, 1.165) is 31.5 Å². The zero-order chi connectivity index (χ0) is 17.6. The Morgan fingerprint density at radius 3 is 2.72 bits per heavy atom. The molecule has 2 fully saturated rings. The maximum absolute atomic E-state index is 12.2. The lowest BCUT2D eigenvalue weighted by molar-refractivity contribution is -0.122. The van der Waals surface area contributed by atoms with Crippen LogP contribution in [0.15, 0.2) is 24.5 Å². The number of pyridine rings is 1. The number of carbonyl (C=O) groups is 3. The fourth-order valence-electron chi connectivity index (χ4n) is 3.31. The van der Waals surface area contributed by atoms with Gasteiger partial charge in [0.05, 0.1) is 6.04 Å². The summed E-state index contributed by atoms with van der Waals surface area (Å²) in [4.78, 5) is 42.7. The first-order valence-corrected chi connectivity index (χ1v) is 8.63. The monoisotopic (exact) mass is 345 g/mol. The quantitative estimate of drug-likeness (QED) is 0.722. The van der Waals surface area contributed by atoms with E-state index in [9.17, 15) is 14.4 Å². The van der Waals surface area contributed by atoms with Gasteiger partial charge in [0.1, 0.15) is 13.1 Å². The van der Waals surface area contributed by atoms with Gasteiger partial charge in [-0.1, -0.05) is 12.5 Å². The molecule has 2 N–H and O–H groups in total. The van der Waals surface area contributed by atoms with Gasteiger partial charge in [0.2, 0.25) is 11.8 Å². The number of piperidine rings is 1. The Labute approximate surface area is 146 Å². The van der Waals surface area contributed by atoms with Crippen LogP contribution < -0.4 is 10.6 Å². The molecule has 134 valence electrons. The van der Waals surface area contributed by atoms with Crippen LogP contribution >= 0.6 is 0 Å². The predicted octanol–water partition coefficient (Wildman–Crippen LogP) is 0.277. The number of aromatic nitrogens is 1. The molecule has 0 saturated carbocycles. The lowest BCUT2D eigenvalue weighted by Crippen LogP contribution is -2.44. The largest absolute Gasteiger partial charge is 0.353 e. The van der Waals surface area contributed by atoms with Crippen LogP contribution in [0.25, 0.3) is 0 Å². The second kappa shape index (κ2) is 8.06. The summed E-state index contributed by atoms with van der Waals surface area (Å²) in [7, 11) is 0. The number of urea groups is 1. The lowest BCUT2D eigenvalue weighted by atomic mass is 10.0. The molecule has 8 nitrogen and oxygen atoms in total. The second-order valence-corrected chi connectivity index (χ2v) is 6.41. The first-order valence-electron chi connectivity index (χ1n) is 8.63. The first-order chi connectivity index (χ1) is 12.1. The maximum Gasteiger partial charge on any atom is 0.325 e. The van der Waals surface area contributed by atoms with Gasteiger partial charge in [-0.2, -0.15) is 0 Å². The fraction of sp³-hybridized carbons (Fsp3) is 0.529. The Bertz CT molecular complexity index is 630. The van der Waals surface area contributed by atoms with Crippen LogP contribution in [-0.4, -0.2) is 65.4 Å². The van der Waals surface area contributed by atoms with Crippen molar-refractivity contribution in [3.8, 4) is 0 Å². The number of likely N-dealkylation sites (tertiary alicyclic amines) is 1. The van der Waals surface area contributed by atoms with Gasteiger partial charge < -0.3 is 10.2 Å². The predicted molar refractivity (Wildman–Crippen MR) is 90.5 cm³/mol. The fourth-order valence-corrected chi connectivity index (χ4v) is 3.31. The van der Waals surface area contributed by atoms with Crippen molar-refractivity contribution in [1.82, 2.24) is 25.4 Å². The third-order valence-corrected chi connectivity index (χ3v) is 4.60. The maximum atomic E-state index is 12.2. The number of carbonyl (C=O) groups excluding carboxylic acids is 3. The molecule has 1 atom stereocenters. The summed E-state index contributed by atoms with van der Waals surface area (Å²) >= 11 is 0. The summed E-state index contributed by atoms with van der Waals surface area (Å²) in [5.74, 6) is -0.643. The van der Waals surface area contributed by atoms with E-state index in [0.29, 0.717) is 6.54 Å². The Kier molecular flexibility index (Phi) is 5.60. The van der Waals surface area contributed by atoms with Crippen LogP contribution in [0.5, 0.6) is 0 Å². The Hall–Kier alpha value is -2.48. The van der Waals surface area contributed by atoms with Crippen LogP contribution in [0.2, 0.25) is 0 Å². The van der Waals surface area contributed by atoms with E-state index in [1.54, 1.807) is 6.20 Å². The Morgan fingerprint density at radius 2 is 2.08 bits per heavy atom. The minimum absolute atomic E-state index is 0.0620. The van der Waals surface area contributed by atoms with Crippen molar-refractivity contribution in [2.75, 3.05) is 32.7 Å². The number of rotatable bonds is 6. The minimum Gasteiger partial charge on any atom is -0.353 e. The van der Waals surface area contributed by atoms with Gasteiger partial charge in [-0.05, 0) is 37.6 Å². The van der Waals surface area contributed by atoms with Gasteiger partial charge in [0, 0.05) is 18.9 Å². The Balaban J connectivity index is 1.59. The van der Waals surface area contributed by atoms with Crippen molar-refractivity contribution in [1.29, 1.82) is 0 Å². The number of hydrogen-bond donors (Lipinski definition) is 2. The molecule has 0 spiro atoms. The molecule has 0 radical (unpaired) electrons. The third kappa shape index (κ3) is 4.54. The molecule has 2 saturated heterocycles. The van der Waals surface area contributed by atoms with Crippen molar-refractivity contribution < 1.29 is 14.4 Å². The van der Waals surface area contributed by atoms with Crippen molar-refractivity contribution in [2.24, 2.45) is 0 Å². The molecule has 0 bridgehead atoms. The highest BCUT2D eigenvalue weighted by atomic mass is 16.2. The molecule has 0 aliphatic carbocycles. The topological polar surface area (TPSA) is 94.6 Å². The van der Waals surface area contributed by atoms with Crippen LogP contribution in [-0.2, 0) is 9.59 Å². The number of nitrogens with one attached hydrogen (secondary N) is 2. The number of hydrogen-bond acceptors (Lipinski definition) is 5. The molecule has 2 aliphatic rings. The number of amides is 4. The van der Waals surface area contributed by atoms with Gasteiger partial charge in [-0.15, -0.1) is 0 Å². The standard InChI is InChI=1S/C17H23N5O3/c23-15(11-22-12-16(24)20-17(22)25)19-10-14(13-5-4-6-18-9-13)21-7-2-1-3-8-21/h4-6,9,14H,1-3,7-8,10-12H2,(H,19,23)(H,20,24,25). The van der Waals surface area contributed by atoms with E-state index in [2.05, 4.69) is 20.5 Å². The summed E-state index contributed by atoms with van der Waals surface area (Å²) < 4.78 is 0. The van der Waals surface area contributed by atoms with Crippen molar-refractivity contribution >= 4 is 17.8 Å². The summed E-state index contributed by atoms with van der Waals surface area (Å²) in [6.45, 7) is 2.27. The zero-order valence-electron chi connectivity index (χ0n) is 14.1. The molecule has 3 rings (SSSR count). The molecule has 1 aromatic rings. The smallest absolute Gasteiger partial charge is 0.325 e. The van der Waals surface area contributed by atoms with E-state index in [1.165, 1.54) is 11.3 Å². The Morgan fingerprint density at radius 1 is 1.28 bits per heavy atom. The molecular formula is C17H23N5O3. The molecule has 8 heteroatoms. The highest BCUT2D eigenvalue weighted by Crippen LogP contribution is 2.23. The van der Waals surface area contributed by atoms with Crippen LogP contribution in [0, 0.1) is 0 Å². The van der Waals surface area contributed by atoms with Gasteiger partial charge in [-0.25, -0.2) is 4.79 Å². The molecule has 0 aromatic carbocycles. The van der Waals surface area contributed by atoms with Crippen LogP contribution in [0.1, 0.15) is 30.9 Å². The SMILES string of the molecule is O=C(CN1CC(=O)NC1=O)NCC(c1cccnc1)N1CCCCC1. The first kappa shape index (κ1) is 17.3. The summed E-state index contributed by atoms with van der Waals surface area (Å²) in [6.07, 6.45) is 7.11. The highest BCUT2D eigenvalue weighted by molar-refractivity contribution is 6.03. The van der Waals surface area contributed by atoms with E-state index in [-0.39, 0.29) is 30.9 Å². The molecule has 25 heavy (non-hydrogen) atoms. The van der Waals surface area contributed by atoms with Crippen molar-refractivity contribution in [3.63, 3.8) is 0 Å². The normalized spacial score (nSPS) is 19.6. The second-order valence-electron chi connectivity index (χ2n) is 6.41. The zero-order valence-corrected chi connectivity index (χ0v) is 14.1. The molecular weight excluding hydrogens is 322 g/mol. The van der Waals surface area contributed by atoms with E-state index < -0.39 is 6.03 Å². The van der Waals surface area contributed by atoms with E-state index in [4.69, 9.17) is 0 Å². The van der Waals surface area contributed by atoms with Gasteiger partial charge in [-0.3, -0.25) is 24.8 Å². The molecule has 2 aliphatic heterocycles. The van der Waals surface area contributed by atoms with Gasteiger partial charge >= 0.3 is 6.03 Å². The van der Waals surface area contributed by atoms with Gasteiger partial charge in [0.25, 0.3) is 0 Å². The lowest BCUT2D eigenvalue weighted by Gasteiger charge is -2.35. The average Bonchev–Trinajstić information content (AvgIpc) is 2.94. The number of nitrogens with zero attached hydrogens (tertiary/aromatic N) is 3. The van der Waals surface area contributed by atoms with Gasteiger partial charge in [0.15, 0.2) is 0 Å². The summed E-state index contributed by atoms with van der Waals surface area (Å²) in [5.41, 5.74) is 1.07. The van der Waals surface area contributed by atoms with Crippen molar-refractivity contribution in [3.05, 3.63) is 30.1 Å².